The first-order valence-electron chi connectivity index (χ1n) is 7.51. The van der Waals surface area contributed by atoms with Gasteiger partial charge in [0, 0.05) is 36.7 Å². The van der Waals surface area contributed by atoms with E-state index in [1.165, 1.54) is 17.7 Å². The van der Waals surface area contributed by atoms with Gasteiger partial charge in [-0.1, -0.05) is 13.0 Å². The highest BCUT2D eigenvalue weighted by molar-refractivity contribution is 8.00. The third-order valence-electron chi connectivity index (χ3n) is 4.08. The van der Waals surface area contributed by atoms with Gasteiger partial charge in [-0.25, -0.2) is 0 Å². The molecule has 0 aliphatic carbocycles. The molecule has 0 bridgehead atoms. The maximum absolute atomic E-state index is 6.06. The lowest BCUT2D eigenvalue weighted by atomic mass is 10.0. The average molecular weight is 310 g/mol. The van der Waals surface area contributed by atoms with Crippen LogP contribution in [0.25, 0.3) is 0 Å². The Morgan fingerprint density at radius 3 is 2.71 bits per heavy atom. The minimum Gasteiger partial charge on any atom is -0.493 e. The highest BCUT2D eigenvalue weighted by Gasteiger charge is 2.26. The molecule has 1 aliphatic rings. The third-order valence-corrected chi connectivity index (χ3v) is 5.45. The summed E-state index contributed by atoms with van der Waals surface area (Å²) < 4.78 is 10.7. The first-order chi connectivity index (χ1) is 10.2. The molecule has 1 heterocycles. The van der Waals surface area contributed by atoms with E-state index in [1.807, 2.05) is 6.07 Å². The van der Waals surface area contributed by atoms with Gasteiger partial charge in [-0.2, -0.15) is 11.8 Å². The summed E-state index contributed by atoms with van der Waals surface area (Å²) >= 11 is 2.08. The molecule has 21 heavy (non-hydrogen) atoms. The highest BCUT2D eigenvalue weighted by Crippen LogP contribution is 2.33. The Hall–Kier alpha value is -0.910. The molecule has 1 saturated heterocycles. The molecular weight excluding hydrogens is 284 g/mol. The van der Waals surface area contributed by atoms with Crippen molar-refractivity contribution in [3.05, 3.63) is 23.8 Å². The fraction of sp³-hybridized carbons (Fsp3) is 0.625. The van der Waals surface area contributed by atoms with Crippen molar-refractivity contribution in [1.29, 1.82) is 0 Å². The van der Waals surface area contributed by atoms with E-state index in [-0.39, 0.29) is 6.04 Å². The predicted octanol–water partition coefficient (Wildman–Crippen LogP) is 2.53. The molecule has 0 amide bonds. The summed E-state index contributed by atoms with van der Waals surface area (Å²) in [7, 11) is 3.33. The number of nitrogens with two attached hydrogens (primary N) is 1. The number of ether oxygens (including phenoxy) is 2. The number of rotatable bonds is 6. The maximum atomic E-state index is 6.06. The Labute approximate surface area is 132 Å². The summed E-state index contributed by atoms with van der Waals surface area (Å²) in [4.78, 5) is 2.51. The molecule has 2 unspecified atom stereocenters. The molecule has 2 atom stereocenters. The Morgan fingerprint density at radius 2 is 2.10 bits per heavy atom. The molecular formula is C16H26N2O2S. The largest absolute Gasteiger partial charge is 0.493 e. The van der Waals surface area contributed by atoms with Crippen molar-refractivity contribution in [2.24, 2.45) is 5.73 Å². The van der Waals surface area contributed by atoms with Crippen LogP contribution in [0.2, 0.25) is 0 Å². The van der Waals surface area contributed by atoms with Crippen molar-refractivity contribution in [3.63, 3.8) is 0 Å². The summed E-state index contributed by atoms with van der Waals surface area (Å²) in [6.45, 7) is 5.08. The van der Waals surface area contributed by atoms with Crippen molar-refractivity contribution < 1.29 is 9.47 Å². The van der Waals surface area contributed by atoms with Crippen molar-refractivity contribution in [1.82, 2.24) is 4.90 Å². The van der Waals surface area contributed by atoms with Gasteiger partial charge < -0.3 is 15.2 Å². The van der Waals surface area contributed by atoms with Crippen LogP contribution in [-0.4, -0.2) is 49.8 Å². The van der Waals surface area contributed by atoms with Gasteiger partial charge in [0.05, 0.1) is 14.2 Å². The molecule has 5 heteroatoms. The Morgan fingerprint density at radius 1 is 1.33 bits per heavy atom. The maximum Gasteiger partial charge on any atom is 0.161 e. The second-order valence-corrected chi connectivity index (χ2v) is 6.67. The summed E-state index contributed by atoms with van der Waals surface area (Å²) in [5, 5.41) is 0.716. The lowest BCUT2D eigenvalue weighted by Gasteiger charge is -2.37. The topological polar surface area (TPSA) is 47.7 Å². The molecule has 0 spiro atoms. The van der Waals surface area contributed by atoms with Gasteiger partial charge >= 0.3 is 0 Å². The van der Waals surface area contributed by atoms with Gasteiger partial charge in [-0.3, -0.25) is 4.90 Å². The first-order valence-corrected chi connectivity index (χ1v) is 8.56. The molecule has 0 aromatic heterocycles. The molecule has 1 aromatic rings. The molecule has 2 N–H and O–H groups in total. The molecule has 2 rings (SSSR count). The average Bonchev–Trinajstić information content (AvgIpc) is 2.55. The normalized spacial score (nSPS) is 21.0. The van der Waals surface area contributed by atoms with Gasteiger partial charge in [0.25, 0.3) is 0 Å². The summed E-state index contributed by atoms with van der Waals surface area (Å²) in [6, 6.07) is 6.37. The molecule has 0 saturated carbocycles. The van der Waals surface area contributed by atoms with Gasteiger partial charge in [0.1, 0.15) is 0 Å². The summed E-state index contributed by atoms with van der Waals surface area (Å²) in [6.07, 6.45) is 1.21. The Kier molecular flexibility index (Phi) is 6.21. The van der Waals surface area contributed by atoms with Crippen LogP contribution in [0.15, 0.2) is 18.2 Å². The third kappa shape index (κ3) is 3.84. The van der Waals surface area contributed by atoms with Crippen LogP contribution in [0.1, 0.15) is 24.9 Å². The molecule has 1 aliphatic heterocycles. The zero-order valence-corrected chi connectivity index (χ0v) is 14.0. The number of hydrogen-bond acceptors (Lipinski definition) is 5. The lowest BCUT2D eigenvalue weighted by molar-refractivity contribution is 0.207. The van der Waals surface area contributed by atoms with E-state index in [1.54, 1.807) is 14.2 Å². The van der Waals surface area contributed by atoms with Crippen molar-refractivity contribution >= 4 is 11.8 Å². The van der Waals surface area contributed by atoms with E-state index >= 15 is 0 Å². The van der Waals surface area contributed by atoms with E-state index in [0.29, 0.717) is 11.8 Å². The monoisotopic (exact) mass is 310 g/mol. The Balaban J connectivity index is 2.20. The van der Waals surface area contributed by atoms with Crippen LogP contribution in [0.3, 0.4) is 0 Å². The zero-order chi connectivity index (χ0) is 15.2. The van der Waals surface area contributed by atoms with E-state index in [0.717, 1.165) is 24.6 Å². The van der Waals surface area contributed by atoms with Gasteiger partial charge in [0.2, 0.25) is 0 Å². The van der Waals surface area contributed by atoms with Crippen LogP contribution in [-0.2, 0) is 0 Å². The van der Waals surface area contributed by atoms with E-state index in [4.69, 9.17) is 15.2 Å². The van der Waals surface area contributed by atoms with E-state index in [9.17, 15) is 0 Å². The number of methoxy groups -OCH3 is 2. The molecule has 4 nitrogen and oxygen atoms in total. The van der Waals surface area contributed by atoms with Gasteiger partial charge in [-0.15, -0.1) is 0 Å². The molecule has 0 radical (unpaired) electrons. The van der Waals surface area contributed by atoms with Crippen LogP contribution < -0.4 is 15.2 Å². The standard InChI is InChI=1S/C16H26N2O2S/c1-4-13-11-18(7-8-21-13)14(10-17)12-5-6-15(19-2)16(9-12)20-3/h5-6,9,13-14H,4,7-8,10-11,17H2,1-3H3. The molecule has 1 fully saturated rings. The second-order valence-electron chi connectivity index (χ2n) is 5.26. The van der Waals surface area contributed by atoms with Gasteiger partial charge in [-0.05, 0) is 24.1 Å². The molecule has 118 valence electrons. The SMILES string of the molecule is CCC1CN(C(CN)c2ccc(OC)c(OC)c2)CCS1. The van der Waals surface area contributed by atoms with Crippen molar-refractivity contribution in [2.45, 2.75) is 24.6 Å². The highest BCUT2D eigenvalue weighted by atomic mass is 32.2. The summed E-state index contributed by atoms with van der Waals surface area (Å²) in [5.74, 6) is 2.71. The second kappa shape index (κ2) is 7.92. The number of thioether (sulfide) groups is 1. The number of nitrogens with zero attached hydrogens (tertiary/aromatic N) is 1. The van der Waals surface area contributed by atoms with Crippen LogP contribution in [0.4, 0.5) is 0 Å². The minimum atomic E-state index is 0.250. The van der Waals surface area contributed by atoms with Crippen molar-refractivity contribution in [2.75, 3.05) is 39.6 Å². The van der Waals surface area contributed by atoms with E-state index < -0.39 is 0 Å². The zero-order valence-electron chi connectivity index (χ0n) is 13.2. The smallest absolute Gasteiger partial charge is 0.161 e. The fourth-order valence-electron chi connectivity index (χ4n) is 2.83. The fourth-order valence-corrected chi connectivity index (χ4v) is 4.03. The van der Waals surface area contributed by atoms with Crippen LogP contribution >= 0.6 is 11.8 Å². The minimum absolute atomic E-state index is 0.250. The van der Waals surface area contributed by atoms with Crippen LogP contribution in [0.5, 0.6) is 11.5 Å². The Bertz CT molecular complexity index is 456. The van der Waals surface area contributed by atoms with E-state index in [2.05, 4.69) is 35.7 Å². The molecule has 1 aromatic carbocycles. The first kappa shape index (κ1) is 16.5. The number of hydrogen-bond donors (Lipinski definition) is 1. The van der Waals surface area contributed by atoms with Gasteiger partial charge in [0.15, 0.2) is 11.5 Å². The van der Waals surface area contributed by atoms with Crippen LogP contribution in [0, 0.1) is 0 Å². The quantitative estimate of drug-likeness (QED) is 0.875. The van der Waals surface area contributed by atoms with Crippen molar-refractivity contribution in [3.8, 4) is 11.5 Å². The summed E-state index contributed by atoms with van der Waals surface area (Å²) in [5.41, 5.74) is 7.27. The predicted molar refractivity (Wildman–Crippen MR) is 89.5 cm³/mol. The number of benzene rings is 1. The lowest BCUT2D eigenvalue weighted by Crippen LogP contribution is -2.42.